The largest absolute Gasteiger partial charge is 0.345 e. The maximum atomic E-state index is 12.8. The number of nitrogens with zero attached hydrogens (tertiary/aromatic N) is 2. The van der Waals surface area contributed by atoms with Crippen LogP contribution in [0.3, 0.4) is 0 Å². The number of aromatic nitrogens is 1. The molecule has 0 radical (unpaired) electrons. The van der Waals surface area contributed by atoms with Gasteiger partial charge in [-0.1, -0.05) is 50.9 Å². The predicted octanol–water partition coefficient (Wildman–Crippen LogP) is 5.75. The molecule has 26 heavy (non-hydrogen) atoms. The van der Waals surface area contributed by atoms with Crippen molar-refractivity contribution in [1.82, 2.24) is 9.47 Å². The number of halogens is 1. The summed E-state index contributed by atoms with van der Waals surface area (Å²) in [6.45, 7) is 10.0. The Morgan fingerprint density at radius 2 is 1.96 bits per heavy atom. The molecule has 0 unspecified atom stereocenters. The highest BCUT2D eigenvalue weighted by Crippen LogP contribution is 2.19. The molecule has 0 saturated heterocycles. The first kappa shape index (κ1) is 20.6. The number of rotatable bonds is 9. The molecule has 1 heterocycles. The third kappa shape index (κ3) is 5.63. The average molecular weight is 375 g/mol. The molecule has 0 aliphatic carbocycles. The van der Waals surface area contributed by atoms with Gasteiger partial charge in [0.15, 0.2) is 0 Å². The van der Waals surface area contributed by atoms with Gasteiger partial charge in [0.2, 0.25) is 5.91 Å². The lowest BCUT2D eigenvalue weighted by Crippen LogP contribution is -2.41. The average Bonchev–Trinajstić information content (AvgIpc) is 3.03. The zero-order chi connectivity index (χ0) is 19.1. The van der Waals surface area contributed by atoms with Crippen molar-refractivity contribution in [1.29, 1.82) is 0 Å². The van der Waals surface area contributed by atoms with Crippen LogP contribution >= 0.6 is 11.6 Å². The second kappa shape index (κ2) is 9.82. The predicted molar refractivity (Wildman–Crippen MR) is 109 cm³/mol. The minimum Gasteiger partial charge on any atom is -0.345 e. The molecule has 2 rings (SSSR count). The van der Waals surface area contributed by atoms with E-state index in [0.29, 0.717) is 18.9 Å². The monoisotopic (exact) mass is 374 g/mol. The minimum atomic E-state index is 0.217. The molecule has 1 amide bonds. The molecule has 0 saturated carbocycles. The van der Waals surface area contributed by atoms with Gasteiger partial charge in [-0.15, -0.1) is 0 Å². The molecular weight excluding hydrogens is 344 g/mol. The van der Waals surface area contributed by atoms with Crippen molar-refractivity contribution >= 4 is 17.5 Å². The zero-order valence-corrected chi connectivity index (χ0v) is 17.2. The Morgan fingerprint density at radius 3 is 2.62 bits per heavy atom. The Balaban J connectivity index is 2.18. The number of amides is 1. The first-order valence-electron chi connectivity index (χ1n) is 9.60. The second-order valence-electron chi connectivity index (χ2n) is 7.37. The molecular formula is C22H31ClN2O. The maximum Gasteiger partial charge on any atom is 0.223 e. The van der Waals surface area contributed by atoms with Gasteiger partial charge in [-0.3, -0.25) is 4.79 Å². The standard InChI is InChI=1S/C22H31ClN2O/c1-5-6-12-22(26)25(18(4)17(2)3)16-21-11-8-13-24(21)15-19-9-7-10-20(23)14-19/h7-11,13-14,17-18H,5-6,12,15-16H2,1-4H3/t18-/m1/s1. The fourth-order valence-electron chi connectivity index (χ4n) is 3.04. The Hall–Kier alpha value is -1.74. The van der Waals surface area contributed by atoms with E-state index in [1.54, 1.807) is 0 Å². The summed E-state index contributed by atoms with van der Waals surface area (Å²) in [6.07, 6.45) is 4.69. The Bertz CT molecular complexity index is 708. The Morgan fingerprint density at radius 1 is 1.19 bits per heavy atom. The van der Waals surface area contributed by atoms with E-state index >= 15 is 0 Å². The molecule has 0 fully saturated rings. The van der Waals surface area contributed by atoms with Gasteiger partial charge in [-0.05, 0) is 49.1 Å². The van der Waals surface area contributed by atoms with Crippen LogP contribution in [0.2, 0.25) is 5.02 Å². The van der Waals surface area contributed by atoms with Gasteiger partial charge in [-0.2, -0.15) is 0 Å². The van der Waals surface area contributed by atoms with E-state index in [2.05, 4.69) is 56.7 Å². The summed E-state index contributed by atoms with van der Waals surface area (Å²) in [5, 5.41) is 0.751. The zero-order valence-electron chi connectivity index (χ0n) is 16.4. The molecule has 1 atom stereocenters. The molecule has 4 heteroatoms. The summed E-state index contributed by atoms with van der Waals surface area (Å²) in [7, 11) is 0. The summed E-state index contributed by atoms with van der Waals surface area (Å²) in [5.74, 6) is 0.681. The van der Waals surface area contributed by atoms with Gasteiger partial charge in [-0.25, -0.2) is 0 Å². The number of carbonyl (C=O) groups excluding carboxylic acids is 1. The van der Waals surface area contributed by atoms with Gasteiger partial charge < -0.3 is 9.47 Å². The van der Waals surface area contributed by atoms with E-state index in [-0.39, 0.29) is 11.9 Å². The SMILES string of the molecule is CCCCC(=O)N(Cc1cccn1Cc1cccc(Cl)c1)[C@H](C)C(C)C. The van der Waals surface area contributed by atoms with Gasteiger partial charge >= 0.3 is 0 Å². The minimum absolute atomic E-state index is 0.217. The van der Waals surface area contributed by atoms with Crippen molar-refractivity contribution in [2.24, 2.45) is 5.92 Å². The number of carbonyl (C=O) groups is 1. The highest BCUT2D eigenvalue weighted by Gasteiger charge is 2.23. The number of benzene rings is 1. The van der Waals surface area contributed by atoms with Crippen LogP contribution in [0.15, 0.2) is 42.6 Å². The number of unbranched alkanes of at least 4 members (excludes halogenated alkanes) is 1. The fraction of sp³-hybridized carbons (Fsp3) is 0.500. The molecule has 142 valence electrons. The molecule has 0 bridgehead atoms. The highest BCUT2D eigenvalue weighted by atomic mass is 35.5. The van der Waals surface area contributed by atoms with Gasteiger partial charge in [0.1, 0.15) is 0 Å². The third-order valence-electron chi connectivity index (χ3n) is 5.02. The van der Waals surface area contributed by atoms with Crippen molar-refractivity contribution in [2.45, 2.75) is 66.1 Å². The van der Waals surface area contributed by atoms with E-state index in [1.807, 2.05) is 23.1 Å². The third-order valence-corrected chi connectivity index (χ3v) is 5.25. The van der Waals surface area contributed by atoms with Gasteiger partial charge in [0.25, 0.3) is 0 Å². The molecule has 2 aromatic rings. The first-order valence-corrected chi connectivity index (χ1v) is 9.98. The summed E-state index contributed by atoms with van der Waals surface area (Å²) < 4.78 is 2.21. The van der Waals surface area contributed by atoms with Crippen LogP contribution < -0.4 is 0 Å². The smallest absolute Gasteiger partial charge is 0.223 e. The van der Waals surface area contributed by atoms with E-state index in [9.17, 15) is 4.79 Å². The Labute approximate surface area is 163 Å². The summed E-state index contributed by atoms with van der Waals surface area (Å²) in [5.41, 5.74) is 2.32. The van der Waals surface area contributed by atoms with Crippen LogP contribution in [-0.4, -0.2) is 21.4 Å². The van der Waals surface area contributed by atoms with Crippen molar-refractivity contribution < 1.29 is 4.79 Å². The van der Waals surface area contributed by atoms with Gasteiger partial charge in [0.05, 0.1) is 6.54 Å². The van der Waals surface area contributed by atoms with Crippen molar-refractivity contribution in [3.05, 3.63) is 58.9 Å². The topological polar surface area (TPSA) is 25.2 Å². The van der Waals surface area contributed by atoms with Crippen molar-refractivity contribution in [3.8, 4) is 0 Å². The van der Waals surface area contributed by atoms with Crippen LogP contribution in [-0.2, 0) is 17.9 Å². The molecule has 1 aromatic heterocycles. The second-order valence-corrected chi connectivity index (χ2v) is 7.80. The quantitative estimate of drug-likeness (QED) is 0.548. The lowest BCUT2D eigenvalue weighted by atomic mass is 10.0. The lowest BCUT2D eigenvalue weighted by Gasteiger charge is -2.32. The molecule has 1 aromatic carbocycles. The van der Waals surface area contributed by atoms with Crippen LogP contribution in [0.5, 0.6) is 0 Å². The summed E-state index contributed by atoms with van der Waals surface area (Å²) in [6, 6.07) is 12.3. The molecule has 0 N–H and O–H groups in total. The maximum absolute atomic E-state index is 12.8. The van der Waals surface area contributed by atoms with Crippen LogP contribution in [0.1, 0.15) is 58.2 Å². The number of hydrogen-bond acceptors (Lipinski definition) is 1. The molecule has 0 aliphatic heterocycles. The molecule has 3 nitrogen and oxygen atoms in total. The van der Waals surface area contributed by atoms with E-state index < -0.39 is 0 Å². The summed E-state index contributed by atoms with van der Waals surface area (Å²) in [4.78, 5) is 14.8. The van der Waals surface area contributed by atoms with E-state index in [1.165, 1.54) is 0 Å². The van der Waals surface area contributed by atoms with Crippen molar-refractivity contribution in [2.75, 3.05) is 0 Å². The normalized spacial score (nSPS) is 12.4. The van der Waals surface area contributed by atoms with Gasteiger partial charge in [0, 0.05) is 35.9 Å². The van der Waals surface area contributed by atoms with E-state index in [0.717, 1.165) is 35.7 Å². The lowest BCUT2D eigenvalue weighted by molar-refractivity contribution is -0.135. The van der Waals surface area contributed by atoms with Crippen LogP contribution in [0.25, 0.3) is 0 Å². The number of hydrogen-bond donors (Lipinski definition) is 0. The Kier molecular flexibility index (Phi) is 7.77. The van der Waals surface area contributed by atoms with Crippen molar-refractivity contribution in [3.63, 3.8) is 0 Å². The first-order chi connectivity index (χ1) is 12.4. The van der Waals surface area contributed by atoms with Crippen LogP contribution in [0, 0.1) is 5.92 Å². The summed E-state index contributed by atoms with van der Waals surface area (Å²) >= 11 is 6.11. The molecule has 0 spiro atoms. The highest BCUT2D eigenvalue weighted by molar-refractivity contribution is 6.30. The van der Waals surface area contributed by atoms with E-state index in [4.69, 9.17) is 11.6 Å². The molecule has 0 aliphatic rings. The fourth-order valence-corrected chi connectivity index (χ4v) is 3.26. The van der Waals surface area contributed by atoms with Crippen LogP contribution in [0.4, 0.5) is 0 Å².